The number of nitrogens with zero attached hydrogens (tertiary/aromatic N) is 4. The molecule has 0 amide bonds. The Morgan fingerprint density at radius 3 is 2.90 bits per heavy atom. The van der Waals surface area contributed by atoms with Crippen molar-refractivity contribution in [1.29, 1.82) is 0 Å². The normalized spacial score (nSPS) is 11.9. The lowest BCUT2D eigenvalue weighted by molar-refractivity contribution is -0.384. The van der Waals surface area contributed by atoms with Crippen molar-refractivity contribution in [2.45, 2.75) is 19.4 Å². The van der Waals surface area contributed by atoms with Crippen molar-refractivity contribution in [3.63, 3.8) is 0 Å². The maximum atomic E-state index is 11.0. The van der Waals surface area contributed by atoms with Gasteiger partial charge in [-0.1, -0.05) is 6.92 Å². The molecule has 0 aromatic carbocycles. The van der Waals surface area contributed by atoms with Gasteiger partial charge in [-0.2, -0.15) is 4.98 Å². The van der Waals surface area contributed by atoms with Gasteiger partial charge in [-0.05, 0) is 6.42 Å². The van der Waals surface area contributed by atoms with Crippen LogP contribution in [0.2, 0.25) is 0 Å². The average molecular weight is 295 g/mol. The quantitative estimate of drug-likeness (QED) is 0.416. The van der Waals surface area contributed by atoms with Gasteiger partial charge in [-0.15, -0.1) is 11.3 Å². The molecule has 9 nitrogen and oxygen atoms in total. The van der Waals surface area contributed by atoms with Crippen LogP contribution in [-0.2, 0) is 0 Å². The van der Waals surface area contributed by atoms with Crippen LogP contribution in [-0.4, -0.2) is 19.9 Å². The second-order valence-corrected chi connectivity index (χ2v) is 4.73. The molecule has 0 aliphatic carbocycles. The summed E-state index contributed by atoms with van der Waals surface area (Å²) in [6.45, 7) is 1.95. The zero-order valence-corrected chi connectivity index (χ0v) is 11.4. The number of hydrogen-bond donors (Lipinski definition) is 3. The van der Waals surface area contributed by atoms with Gasteiger partial charge in [-0.3, -0.25) is 15.5 Å². The third kappa shape index (κ3) is 2.97. The molecule has 2 heterocycles. The van der Waals surface area contributed by atoms with Crippen molar-refractivity contribution in [2.75, 3.05) is 10.7 Å². The highest BCUT2D eigenvalue weighted by Crippen LogP contribution is 2.28. The highest BCUT2D eigenvalue weighted by Gasteiger charge is 2.21. The molecule has 0 bridgehead atoms. The minimum atomic E-state index is -0.544. The number of rotatable bonds is 6. The molecule has 1 atom stereocenters. The van der Waals surface area contributed by atoms with Crippen molar-refractivity contribution in [3.05, 3.63) is 32.9 Å². The molecule has 0 fully saturated rings. The van der Waals surface area contributed by atoms with Crippen molar-refractivity contribution in [2.24, 2.45) is 5.84 Å². The van der Waals surface area contributed by atoms with Gasteiger partial charge in [0.25, 0.3) is 0 Å². The van der Waals surface area contributed by atoms with E-state index in [1.165, 1.54) is 11.3 Å². The summed E-state index contributed by atoms with van der Waals surface area (Å²) in [5, 5.41) is 16.7. The van der Waals surface area contributed by atoms with E-state index in [2.05, 4.69) is 25.7 Å². The first kappa shape index (κ1) is 14.1. The van der Waals surface area contributed by atoms with Gasteiger partial charge in [0.05, 0.1) is 11.0 Å². The van der Waals surface area contributed by atoms with Crippen LogP contribution in [0, 0.1) is 10.1 Å². The van der Waals surface area contributed by atoms with Crippen molar-refractivity contribution in [1.82, 2.24) is 15.0 Å². The van der Waals surface area contributed by atoms with Gasteiger partial charge in [-0.25, -0.2) is 15.8 Å². The van der Waals surface area contributed by atoms with Crippen molar-refractivity contribution in [3.8, 4) is 0 Å². The number of hydrazine groups is 1. The minimum Gasteiger partial charge on any atom is -0.355 e. The molecule has 0 radical (unpaired) electrons. The van der Waals surface area contributed by atoms with Gasteiger partial charge >= 0.3 is 5.69 Å². The standard InChI is InChI=1S/C10H13N7O2S/c1-2-6(9-12-3-4-20-9)14-8-7(17(18)19)5-13-10(15-8)16-11/h3-6H,2,11H2,1H3,(H2,13,14,15,16). The Bertz CT molecular complexity index is 589. The van der Waals surface area contributed by atoms with E-state index in [9.17, 15) is 10.1 Å². The number of nitro groups is 1. The van der Waals surface area contributed by atoms with Crippen LogP contribution in [0.25, 0.3) is 0 Å². The number of nitrogens with one attached hydrogen (secondary N) is 2. The van der Waals surface area contributed by atoms with Crippen LogP contribution in [0.15, 0.2) is 17.8 Å². The molecule has 0 aliphatic rings. The number of anilines is 2. The van der Waals surface area contributed by atoms with Crippen LogP contribution in [0.5, 0.6) is 0 Å². The maximum absolute atomic E-state index is 11.0. The smallest absolute Gasteiger partial charge is 0.329 e. The van der Waals surface area contributed by atoms with Gasteiger partial charge < -0.3 is 5.32 Å². The first-order chi connectivity index (χ1) is 9.65. The molecule has 2 rings (SSSR count). The largest absolute Gasteiger partial charge is 0.355 e. The number of thiazole rings is 1. The molecular formula is C10H13N7O2S. The molecule has 0 saturated heterocycles. The molecule has 0 spiro atoms. The Morgan fingerprint density at radius 2 is 2.35 bits per heavy atom. The topological polar surface area (TPSA) is 132 Å². The lowest BCUT2D eigenvalue weighted by Crippen LogP contribution is -2.15. The number of nitrogen functional groups attached to an aromatic ring is 1. The SMILES string of the molecule is CCC(Nc1nc(NN)ncc1[N+](=O)[O-])c1nccs1. The fraction of sp³-hybridized carbons (Fsp3) is 0.300. The Morgan fingerprint density at radius 1 is 1.55 bits per heavy atom. The second-order valence-electron chi connectivity index (χ2n) is 3.80. The van der Waals surface area contributed by atoms with E-state index in [0.717, 1.165) is 11.2 Å². The van der Waals surface area contributed by atoms with Crippen LogP contribution in [0.4, 0.5) is 17.5 Å². The second kappa shape index (κ2) is 6.21. The Balaban J connectivity index is 2.33. The Kier molecular flexibility index (Phi) is 4.38. The van der Waals surface area contributed by atoms with Gasteiger partial charge in [0, 0.05) is 11.6 Å². The average Bonchev–Trinajstić information content (AvgIpc) is 2.98. The van der Waals surface area contributed by atoms with Gasteiger partial charge in [0.2, 0.25) is 11.8 Å². The molecule has 20 heavy (non-hydrogen) atoms. The maximum Gasteiger partial charge on any atom is 0.329 e. The summed E-state index contributed by atoms with van der Waals surface area (Å²) in [5.41, 5.74) is 2.05. The lowest BCUT2D eigenvalue weighted by Gasteiger charge is -2.15. The predicted molar refractivity (Wildman–Crippen MR) is 75.3 cm³/mol. The third-order valence-electron chi connectivity index (χ3n) is 2.56. The first-order valence-corrected chi connectivity index (χ1v) is 6.67. The molecule has 0 aliphatic heterocycles. The number of hydrogen-bond acceptors (Lipinski definition) is 9. The molecule has 2 aromatic heterocycles. The predicted octanol–water partition coefficient (Wildman–Crippen LogP) is 1.69. The molecule has 2 aromatic rings. The van der Waals surface area contributed by atoms with Crippen LogP contribution in [0.3, 0.4) is 0 Å². The molecule has 10 heteroatoms. The van der Waals surface area contributed by atoms with E-state index in [1.807, 2.05) is 12.3 Å². The fourth-order valence-corrected chi connectivity index (χ4v) is 2.37. The van der Waals surface area contributed by atoms with E-state index in [-0.39, 0.29) is 23.5 Å². The first-order valence-electron chi connectivity index (χ1n) is 5.79. The van der Waals surface area contributed by atoms with Crippen molar-refractivity contribution < 1.29 is 4.92 Å². The zero-order valence-electron chi connectivity index (χ0n) is 10.6. The summed E-state index contributed by atoms with van der Waals surface area (Å²) in [6, 6.07) is -0.158. The monoisotopic (exact) mass is 295 g/mol. The summed E-state index contributed by atoms with van der Waals surface area (Å²) in [6.07, 6.45) is 3.50. The van der Waals surface area contributed by atoms with Crippen LogP contribution < -0.4 is 16.6 Å². The number of aromatic nitrogens is 3. The van der Waals surface area contributed by atoms with Crippen molar-refractivity contribution >= 4 is 28.8 Å². The van der Waals surface area contributed by atoms with Crippen LogP contribution >= 0.6 is 11.3 Å². The van der Waals surface area contributed by atoms with E-state index in [1.54, 1.807) is 6.20 Å². The Hall–Kier alpha value is -2.33. The fourth-order valence-electron chi connectivity index (χ4n) is 1.59. The zero-order chi connectivity index (χ0) is 14.5. The van der Waals surface area contributed by atoms with Crippen LogP contribution in [0.1, 0.15) is 24.4 Å². The third-order valence-corrected chi connectivity index (χ3v) is 3.45. The Labute approximate surface area is 118 Å². The summed E-state index contributed by atoms with van der Waals surface area (Å²) < 4.78 is 0. The van der Waals surface area contributed by atoms with E-state index in [4.69, 9.17) is 5.84 Å². The summed E-state index contributed by atoms with van der Waals surface area (Å²) in [4.78, 5) is 22.4. The highest BCUT2D eigenvalue weighted by atomic mass is 32.1. The van der Waals surface area contributed by atoms with Gasteiger partial charge in [0.15, 0.2) is 0 Å². The van der Waals surface area contributed by atoms with E-state index >= 15 is 0 Å². The van der Waals surface area contributed by atoms with Gasteiger partial charge in [0.1, 0.15) is 11.2 Å². The summed E-state index contributed by atoms with van der Waals surface area (Å²) in [5.74, 6) is 5.43. The minimum absolute atomic E-state index is 0.104. The summed E-state index contributed by atoms with van der Waals surface area (Å²) in [7, 11) is 0. The molecule has 0 saturated carbocycles. The molecule has 4 N–H and O–H groups in total. The molecule has 106 valence electrons. The van der Waals surface area contributed by atoms with E-state index < -0.39 is 4.92 Å². The lowest BCUT2D eigenvalue weighted by atomic mass is 10.2. The molecular weight excluding hydrogens is 282 g/mol. The summed E-state index contributed by atoms with van der Waals surface area (Å²) >= 11 is 1.47. The number of nitrogens with two attached hydrogens (primary N) is 1. The highest BCUT2D eigenvalue weighted by molar-refractivity contribution is 7.09. The van der Waals surface area contributed by atoms with E-state index in [0.29, 0.717) is 6.42 Å². The molecule has 1 unspecified atom stereocenters.